The highest BCUT2D eigenvalue weighted by molar-refractivity contribution is 7.20. The van der Waals surface area contributed by atoms with Gasteiger partial charge >= 0.3 is 0 Å². The van der Waals surface area contributed by atoms with Gasteiger partial charge in [0.25, 0.3) is 0 Å². The minimum Gasteiger partial charge on any atom is -0.384 e. The van der Waals surface area contributed by atoms with E-state index in [0.717, 1.165) is 0 Å². The summed E-state index contributed by atoms with van der Waals surface area (Å²) in [6.07, 6.45) is -0.860. The molecular weight excluding hydrogens is 322 g/mol. The predicted octanol–water partition coefficient (Wildman–Crippen LogP) is 5.44. The largest absolute Gasteiger partial charge is 0.384 e. The quantitative estimate of drug-likeness (QED) is 0.778. The van der Waals surface area contributed by atoms with Crippen LogP contribution in [-0.2, 0) is 0 Å². The first-order valence-corrected chi connectivity index (χ1v) is 6.89. The van der Waals surface area contributed by atoms with Crippen LogP contribution in [0.5, 0.6) is 0 Å². The van der Waals surface area contributed by atoms with Crippen LogP contribution in [0.1, 0.15) is 17.2 Å². The van der Waals surface area contributed by atoms with E-state index in [-0.39, 0.29) is 0 Å². The van der Waals surface area contributed by atoms with Gasteiger partial charge in [-0.15, -0.1) is 11.3 Å². The lowest BCUT2D eigenvalue weighted by Gasteiger charge is -2.10. The Kier molecular flexibility index (Phi) is 4.24. The van der Waals surface area contributed by atoms with Gasteiger partial charge < -0.3 is 5.11 Å². The fourth-order valence-corrected chi connectivity index (χ4v) is 3.23. The third kappa shape index (κ3) is 2.90. The lowest BCUT2D eigenvalue weighted by molar-refractivity contribution is 0.221. The molecule has 90 valence electrons. The monoisotopic (exact) mass is 326 g/mol. The van der Waals surface area contributed by atoms with E-state index in [1.165, 1.54) is 11.3 Å². The number of benzene rings is 1. The van der Waals surface area contributed by atoms with Crippen LogP contribution in [0, 0.1) is 0 Å². The number of aliphatic hydroxyl groups excluding tert-OH is 1. The van der Waals surface area contributed by atoms with Crippen molar-refractivity contribution in [2.45, 2.75) is 6.10 Å². The van der Waals surface area contributed by atoms with Gasteiger partial charge in [0.05, 0.1) is 14.4 Å². The van der Waals surface area contributed by atoms with E-state index in [4.69, 9.17) is 46.4 Å². The molecule has 1 aromatic heterocycles. The van der Waals surface area contributed by atoms with E-state index >= 15 is 0 Å². The van der Waals surface area contributed by atoms with Crippen LogP contribution in [0.3, 0.4) is 0 Å². The fourth-order valence-electron chi connectivity index (χ4n) is 1.40. The standard InChI is InChI=1S/C11H6Cl4OS/c12-7-2-1-5(3-8(7)13)10(16)6-4-9(14)17-11(6)15/h1-4,10,16H. The molecule has 1 unspecified atom stereocenters. The van der Waals surface area contributed by atoms with Crippen molar-refractivity contribution < 1.29 is 5.11 Å². The highest BCUT2D eigenvalue weighted by Gasteiger charge is 2.17. The zero-order chi connectivity index (χ0) is 12.6. The van der Waals surface area contributed by atoms with Crippen LogP contribution in [0.15, 0.2) is 24.3 Å². The highest BCUT2D eigenvalue weighted by Crippen LogP contribution is 2.38. The molecule has 1 heterocycles. The molecule has 0 fully saturated rings. The van der Waals surface area contributed by atoms with Crippen molar-refractivity contribution in [3.8, 4) is 0 Å². The Morgan fingerprint density at radius 2 is 1.71 bits per heavy atom. The van der Waals surface area contributed by atoms with Crippen molar-refractivity contribution in [2.24, 2.45) is 0 Å². The van der Waals surface area contributed by atoms with Gasteiger partial charge in [-0.25, -0.2) is 0 Å². The minimum atomic E-state index is -0.860. The van der Waals surface area contributed by atoms with Crippen molar-refractivity contribution in [1.29, 1.82) is 0 Å². The first-order chi connectivity index (χ1) is 7.99. The van der Waals surface area contributed by atoms with Crippen LogP contribution in [0.2, 0.25) is 18.7 Å². The van der Waals surface area contributed by atoms with Crippen LogP contribution >= 0.6 is 57.7 Å². The van der Waals surface area contributed by atoms with Gasteiger partial charge in [-0.1, -0.05) is 52.5 Å². The molecule has 0 radical (unpaired) electrons. The number of hydrogen-bond acceptors (Lipinski definition) is 2. The summed E-state index contributed by atoms with van der Waals surface area (Å²) in [4.78, 5) is 0. The minimum absolute atomic E-state index is 0.390. The van der Waals surface area contributed by atoms with Crippen molar-refractivity contribution in [3.63, 3.8) is 0 Å². The first kappa shape index (κ1) is 13.5. The van der Waals surface area contributed by atoms with Crippen LogP contribution in [-0.4, -0.2) is 5.11 Å². The summed E-state index contributed by atoms with van der Waals surface area (Å²) >= 11 is 24.7. The van der Waals surface area contributed by atoms with Crippen molar-refractivity contribution in [3.05, 3.63) is 54.1 Å². The molecular formula is C11H6Cl4OS. The number of aliphatic hydroxyl groups is 1. The molecule has 0 aliphatic rings. The topological polar surface area (TPSA) is 20.2 Å². The third-order valence-electron chi connectivity index (χ3n) is 2.24. The second kappa shape index (κ2) is 5.35. The van der Waals surface area contributed by atoms with Crippen molar-refractivity contribution >= 4 is 57.7 Å². The van der Waals surface area contributed by atoms with Gasteiger partial charge in [0.1, 0.15) is 10.4 Å². The normalized spacial score (nSPS) is 12.8. The summed E-state index contributed by atoms with van der Waals surface area (Å²) in [5.41, 5.74) is 1.19. The fraction of sp³-hybridized carbons (Fsp3) is 0.0909. The molecule has 0 saturated heterocycles. The number of thiophene rings is 1. The van der Waals surface area contributed by atoms with Crippen LogP contribution < -0.4 is 0 Å². The molecule has 2 aromatic rings. The molecule has 1 N–H and O–H groups in total. The Labute approximate surface area is 123 Å². The maximum absolute atomic E-state index is 10.2. The Hall–Kier alpha value is 0.0400. The zero-order valence-corrected chi connectivity index (χ0v) is 12.1. The molecule has 0 bridgehead atoms. The lowest BCUT2D eigenvalue weighted by Crippen LogP contribution is -1.98. The molecule has 17 heavy (non-hydrogen) atoms. The molecule has 1 nitrogen and oxygen atoms in total. The van der Waals surface area contributed by atoms with Gasteiger partial charge in [0.15, 0.2) is 0 Å². The maximum Gasteiger partial charge on any atom is 0.106 e. The second-order valence-corrected chi connectivity index (χ2v) is 6.46. The summed E-state index contributed by atoms with van der Waals surface area (Å²) < 4.78 is 0.998. The van der Waals surface area contributed by atoms with E-state index in [9.17, 15) is 5.11 Å². The summed E-state index contributed by atoms with van der Waals surface area (Å²) in [7, 11) is 0. The van der Waals surface area contributed by atoms with E-state index in [1.54, 1.807) is 24.3 Å². The van der Waals surface area contributed by atoms with E-state index < -0.39 is 6.10 Å². The molecule has 0 saturated carbocycles. The molecule has 0 aliphatic carbocycles. The number of halogens is 4. The second-order valence-electron chi connectivity index (χ2n) is 3.36. The van der Waals surface area contributed by atoms with Gasteiger partial charge in [0, 0.05) is 5.56 Å². The molecule has 2 rings (SSSR count). The van der Waals surface area contributed by atoms with E-state index in [0.29, 0.717) is 29.8 Å². The number of rotatable bonds is 2. The molecule has 1 atom stereocenters. The Morgan fingerprint density at radius 3 is 2.24 bits per heavy atom. The van der Waals surface area contributed by atoms with Crippen LogP contribution in [0.25, 0.3) is 0 Å². The van der Waals surface area contributed by atoms with Gasteiger partial charge in [-0.3, -0.25) is 0 Å². The Bertz CT molecular complexity index is 552. The summed E-state index contributed by atoms with van der Waals surface area (Å²) in [6.45, 7) is 0. The Morgan fingerprint density at radius 1 is 1.00 bits per heavy atom. The smallest absolute Gasteiger partial charge is 0.106 e. The van der Waals surface area contributed by atoms with E-state index in [1.807, 2.05) is 0 Å². The third-order valence-corrected chi connectivity index (χ3v) is 4.49. The zero-order valence-electron chi connectivity index (χ0n) is 8.25. The van der Waals surface area contributed by atoms with Crippen LogP contribution in [0.4, 0.5) is 0 Å². The van der Waals surface area contributed by atoms with E-state index in [2.05, 4.69) is 0 Å². The van der Waals surface area contributed by atoms with Crippen molar-refractivity contribution in [1.82, 2.24) is 0 Å². The molecule has 0 amide bonds. The summed E-state index contributed by atoms with van der Waals surface area (Å²) in [5.74, 6) is 0. The molecule has 0 aliphatic heterocycles. The van der Waals surface area contributed by atoms with Gasteiger partial charge in [-0.2, -0.15) is 0 Å². The molecule has 0 spiro atoms. The molecule has 1 aromatic carbocycles. The maximum atomic E-state index is 10.2. The lowest BCUT2D eigenvalue weighted by atomic mass is 10.0. The van der Waals surface area contributed by atoms with Crippen molar-refractivity contribution in [2.75, 3.05) is 0 Å². The van der Waals surface area contributed by atoms with Gasteiger partial charge in [0.2, 0.25) is 0 Å². The average molecular weight is 328 g/mol. The summed E-state index contributed by atoms with van der Waals surface area (Å²) in [5, 5.41) is 11.0. The molecule has 6 heteroatoms. The summed E-state index contributed by atoms with van der Waals surface area (Å²) in [6, 6.07) is 6.57. The predicted molar refractivity (Wildman–Crippen MR) is 74.9 cm³/mol. The first-order valence-electron chi connectivity index (χ1n) is 4.57. The van der Waals surface area contributed by atoms with Gasteiger partial charge in [-0.05, 0) is 23.8 Å². The number of hydrogen-bond donors (Lipinski definition) is 1. The highest BCUT2D eigenvalue weighted by atomic mass is 35.5. The Balaban J connectivity index is 2.40. The SMILES string of the molecule is OC(c1ccc(Cl)c(Cl)c1)c1cc(Cl)sc1Cl. The average Bonchev–Trinajstić information content (AvgIpc) is 2.61.